The fourth-order valence-corrected chi connectivity index (χ4v) is 2.31. The van der Waals surface area contributed by atoms with E-state index >= 15 is 0 Å². The standard InChI is InChI=1S/C10H14Cl2S/c1-7(2)9(11)5-3-8-4-6-10(12)13-8/h4,6-7,9H,3,5H2,1-2H3. The zero-order chi connectivity index (χ0) is 9.84. The first-order valence-electron chi connectivity index (χ1n) is 4.48. The monoisotopic (exact) mass is 236 g/mol. The van der Waals surface area contributed by atoms with Crippen LogP contribution in [0.25, 0.3) is 0 Å². The van der Waals surface area contributed by atoms with Gasteiger partial charge < -0.3 is 0 Å². The number of hydrogen-bond acceptors (Lipinski definition) is 1. The normalized spacial score (nSPS) is 13.6. The summed E-state index contributed by atoms with van der Waals surface area (Å²) in [7, 11) is 0. The molecule has 0 aliphatic rings. The average Bonchev–Trinajstić information content (AvgIpc) is 2.47. The zero-order valence-corrected chi connectivity index (χ0v) is 10.2. The molecule has 0 nitrogen and oxygen atoms in total. The molecule has 0 fully saturated rings. The summed E-state index contributed by atoms with van der Waals surface area (Å²) in [5.74, 6) is 0.553. The van der Waals surface area contributed by atoms with Crippen LogP contribution in [0.1, 0.15) is 25.1 Å². The van der Waals surface area contributed by atoms with Crippen molar-refractivity contribution in [1.82, 2.24) is 0 Å². The maximum absolute atomic E-state index is 6.14. The number of thiophene rings is 1. The van der Waals surface area contributed by atoms with Gasteiger partial charge in [0.1, 0.15) is 0 Å². The molecule has 1 heterocycles. The second kappa shape index (κ2) is 5.23. The van der Waals surface area contributed by atoms with E-state index in [9.17, 15) is 0 Å². The molecular formula is C10H14Cl2S. The molecule has 0 aliphatic carbocycles. The molecule has 1 unspecified atom stereocenters. The van der Waals surface area contributed by atoms with E-state index in [1.165, 1.54) is 4.88 Å². The summed E-state index contributed by atoms with van der Waals surface area (Å²) < 4.78 is 0.866. The Bertz CT molecular complexity index is 255. The van der Waals surface area contributed by atoms with Crippen LogP contribution in [0.4, 0.5) is 0 Å². The lowest BCUT2D eigenvalue weighted by molar-refractivity contribution is 0.567. The predicted molar refractivity (Wildman–Crippen MR) is 62.1 cm³/mol. The molecular weight excluding hydrogens is 223 g/mol. The van der Waals surface area contributed by atoms with Crippen LogP contribution >= 0.6 is 34.5 Å². The predicted octanol–water partition coefficient (Wildman–Crippen LogP) is 4.60. The van der Waals surface area contributed by atoms with Crippen LogP contribution in [-0.4, -0.2) is 5.38 Å². The van der Waals surface area contributed by atoms with Crippen molar-refractivity contribution in [2.75, 3.05) is 0 Å². The average molecular weight is 237 g/mol. The number of rotatable bonds is 4. The van der Waals surface area contributed by atoms with Gasteiger partial charge in [0.25, 0.3) is 0 Å². The van der Waals surface area contributed by atoms with Crippen LogP contribution < -0.4 is 0 Å². The SMILES string of the molecule is CC(C)C(Cl)CCc1ccc(Cl)s1. The quantitative estimate of drug-likeness (QED) is 0.671. The molecule has 1 atom stereocenters. The molecule has 0 N–H and O–H groups in total. The van der Waals surface area contributed by atoms with Gasteiger partial charge in [-0.1, -0.05) is 25.4 Å². The van der Waals surface area contributed by atoms with Gasteiger partial charge in [-0.2, -0.15) is 0 Å². The van der Waals surface area contributed by atoms with Crippen molar-refractivity contribution in [1.29, 1.82) is 0 Å². The molecule has 1 rings (SSSR count). The van der Waals surface area contributed by atoms with Gasteiger partial charge in [0, 0.05) is 10.3 Å². The second-order valence-electron chi connectivity index (χ2n) is 3.50. The summed E-state index contributed by atoms with van der Waals surface area (Å²) in [6.45, 7) is 4.30. The van der Waals surface area contributed by atoms with Crippen molar-refractivity contribution >= 4 is 34.5 Å². The topological polar surface area (TPSA) is 0 Å². The molecule has 13 heavy (non-hydrogen) atoms. The van der Waals surface area contributed by atoms with Gasteiger partial charge in [0.15, 0.2) is 0 Å². The molecule has 0 bridgehead atoms. The van der Waals surface area contributed by atoms with Gasteiger partial charge in [-0.15, -0.1) is 22.9 Å². The van der Waals surface area contributed by atoms with Crippen molar-refractivity contribution in [3.8, 4) is 0 Å². The van der Waals surface area contributed by atoms with Crippen LogP contribution in [0.2, 0.25) is 4.34 Å². The summed E-state index contributed by atoms with van der Waals surface area (Å²) in [5.41, 5.74) is 0. The highest BCUT2D eigenvalue weighted by Crippen LogP contribution is 2.24. The Hall–Kier alpha value is 0.280. The van der Waals surface area contributed by atoms with Crippen LogP contribution in [0.5, 0.6) is 0 Å². The Labute approximate surface area is 93.9 Å². The highest BCUT2D eigenvalue weighted by atomic mass is 35.5. The molecule has 74 valence electrons. The number of hydrogen-bond donors (Lipinski definition) is 0. The Balaban J connectivity index is 2.35. The van der Waals surface area contributed by atoms with Gasteiger partial charge >= 0.3 is 0 Å². The third-order valence-corrected chi connectivity index (χ3v) is 4.03. The van der Waals surface area contributed by atoms with Crippen LogP contribution in [0, 0.1) is 5.92 Å². The maximum Gasteiger partial charge on any atom is 0.0931 e. The minimum absolute atomic E-state index is 0.279. The summed E-state index contributed by atoms with van der Waals surface area (Å²) >= 11 is 13.6. The van der Waals surface area contributed by atoms with E-state index in [1.807, 2.05) is 6.07 Å². The first kappa shape index (κ1) is 11.4. The van der Waals surface area contributed by atoms with Crippen molar-refractivity contribution in [3.63, 3.8) is 0 Å². The van der Waals surface area contributed by atoms with E-state index in [2.05, 4.69) is 19.9 Å². The van der Waals surface area contributed by atoms with E-state index in [-0.39, 0.29) is 5.38 Å². The first-order chi connectivity index (χ1) is 6.09. The first-order valence-corrected chi connectivity index (χ1v) is 6.11. The number of aryl methyl sites for hydroxylation is 1. The molecule has 0 aromatic carbocycles. The van der Waals surface area contributed by atoms with Gasteiger partial charge in [-0.05, 0) is 30.9 Å². The Morgan fingerprint density at radius 3 is 2.54 bits per heavy atom. The summed E-state index contributed by atoms with van der Waals surface area (Å²) in [6.07, 6.45) is 2.08. The zero-order valence-electron chi connectivity index (χ0n) is 7.89. The molecule has 0 saturated carbocycles. The molecule has 0 aliphatic heterocycles. The summed E-state index contributed by atoms with van der Waals surface area (Å²) in [4.78, 5) is 1.33. The Morgan fingerprint density at radius 1 is 1.38 bits per heavy atom. The van der Waals surface area contributed by atoms with Crippen LogP contribution in [-0.2, 0) is 6.42 Å². The largest absolute Gasteiger partial charge is 0.128 e. The number of halogens is 2. The van der Waals surface area contributed by atoms with E-state index in [4.69, 9.17) is 23.2 Å². The van der Waals surface area contributed by atoms with Crippen LogP contribution in [0.15, 0.2) is 12.1 Å². The minimum atomic E-state index is 0.279. The highest BCUT2D eigenvalue weighted by Gasteiger charge is 2.09. The highest BCUT2D eigenvalue weighted by molar-refractivity contribution is 7.16. The molecule has 1 aromatic rings. The van der Waals surface area contributed by atoms with Crippen molar-refractivity contribution in [3.05, 3.63) is 21.3 Å². The van der Waals surface area contributed by atoms with E-state index in [0.717, 1.165) is 17.2 Å². The van der Waals surface area contributed by atoms with E-state index < -0.39 is 0 Å². The molecule has 0 amide bonds. The molecule has 0 radical (unpaired) electrons. The summed E-state index contributed by atoms with van der Waals surface area (Å²) in [5, 5.41) is 0.279. The number of alkyl halides is 1. The molecule has 0 saturated heterocycles. The fraction of sp³-hybridized carbons (Fsp3) is 0.600. The Morgan fingerprint density at radius 2 is 2.08 bits per heavy atom. The third-order valence-electron chi connectivity index (χ3n) is 2.02. The van der Waals surface area contributed by atoms with Crippen LogP contribution in [0.3, 0.4) is 0 Å². The van der Waals surface area contributed by atoms with Crippen molar-refractivity contribution < 1.29 is 0 Å². The van der Waals surface area contributed by atoms with Crippen molar-refractivity contribution in [2.24, 2.45) is 5.92 Å². The van der Waals surface area contributed by atoms with Gasteiger partial charge in [-0.25, -0.2) is 0 Å². The van der Waals surface area contributed by atoms with E-state index in [1.54, 1.807) is 11.3 Å². The molecule has 1 aromatic heterocycles. The fourth-order valence-electron chi connectivity index (χ4n) is 1.10. The molecule has 3 heteroatoms. The second-order valence-corrected chi connectivity index (χ2v) is 5.86. The van der Waals surface area contributed by atoms with Gasteiger partial charge in [0.05, 0.1) is 4.34 Å². The molecule has 0 spiro atoms. The Kier molecular flexibility index (Phi) is 4.57. The van der Waals surface area contributed by atoms with Crippen molar-refractivity contribution in [2.45, 2.75) is 32.1 Å². The van der Waals surface area contributed by atoms with Gasteiger partial charge in [-0.3, -0.25) is 0 Å². The smallest absolute Gasteiger partial charge is 0.0931 e. The van der Waals surface area contributed by atoms with E-state index in [0.29, 0.717) is 5.92 Å². The lowest BCUT2D eigenvalue weighted by atomic mass is 10.1. The maximum atomic E-state index is 6.14. The third kappa shape index (κ3) is 3.88. The lowest BCUT2D eigenvalue weighted by Gasteiger charge is -2.11. The van der Waals surface area contributed by atoms with Gasteiger partial charge in [0.2, 0.25) is 0 Å². The minimum Gasteiger partial charge on any atom is -0.128 e. The summed E-state index contributed by atoms with van der Waals surface area (Å²) in [6, 6.07) is 4.02. The lowest BCUT2D eigenvalue weighted by Crippen LogP contribution is -2.08.